The lowest BCUT2D eigenvalue weighted by atomic mass is 9.98. The molecule has 0 saturated carbocycles. The summed E-state index contributed by atoms with van der Waals surface area (Å²) in [6.45, 7) is 3.74. The van der Waals surface area contributed by atoms with Crippen molar-refractivity contribution in [1.29, 1.82) is 0 Å². The van der Waals surface area contributed by atoms with E-state index in [4.69, 9.17) is 28.4 Å². The molecule has 0 aromatic carbocycles. The van der Waals surface area contributed by atoms with Gasteiger partial charge in [-0.3, -0.25) is 4.79 Å². The monoisotopic (exact) mass is 1130 g/mol. The Kier molecular flexibility index (Phi) is 48.5. The molecule has 0 bridgehead atoms. The van der Waals surface area contributed by atoms with Gasteiger partial charge in [0.25, 0.3) is 0 Å². The van der Waals surface area contributed by atoms with Crippen LogP contribution in [0, 0.1) is 0 Å². The molecule has 11 unspecified atom stereocenters. The second-order valence-corrected chi connectivity index (χ2v) is 23.3. The molecule has 11 atom stereocenters. The first-order valence-corrected chi connectivity index (χ1v) is 32.9. The average Bonchev–Trinajstić information content (AvgIpc) is 3.46. The molecular weight excluding hydrogens is 1000 g/mol. The zero-order valence-electron chi connectivity index (χ0n) is 50.4. The molecule has 0 aromatic heterocycles. The van der Waals surface area contributed by atoms with Crippen LogP contribution in [0.15, 0.2) is 24.3 Å². The van der Waals surface area contributed by atoms with Crippen LogP contribution in [0.4, 0.5) is 0 Å². The summed E-state index contributed by atoms with van der Waals surface area (Å²) in [7, 11) is 0. The fourth-order valence-electron chi connectivity index (χ4n) is 10.6. The zero-order chi connectivity index (χ0) is 57.2. The number of aliphatic hydroxyl groups is 7. The summed E-state index contributed by atoms with van der Waals surface area (Å²) in [6.07, 6.45) is 45.3. The molecule has 2 heterocycles. The second kappa shape index (κ2) is 52.1. The van der Waals surface area contributed by atoms with Gasteiger partial charge in [-0.05, 0) is 64.2 Å². The summed E-state index contributed by atoms with van der Waals surface area (Å²) in [5.41, 5.74) is 0. The van der Waals surface area contributed by atoms with E-state index in [1.165, 1.54) is 218 Å². The lowest BCUT2D eigenvalue weighted by molar-refractivity contribution is -0.332. The number of unbranched alkanes of at least 4 members (excludes halogenated alkanes) is 37. The first-order chi connectivity index (χ1) is 38.6. The van der Waals surface area contributed by atoms with E-state index in [1.54, 1.807) is 0 Å². The lowest BCUT2D eigenvalue weighted by Gasteiger charge is -2.42. The Morgan fingerprint density at radius 2 is 0.747 bits per heavy atom. The quantitative estimate of drug-likeness (QED) is 0.0172. The van der Waals surface area contributed by atoms with E-state index in [0.717, 1.165) is 38.5 Å². The molecular formula is C65H122O14. The average molecular weight is 1130 g/mol. The summed E-state index contributed by atoms with van der Waals surface area (Å²) in [5.74, 6) is -0.371. The third kappa shape index (κ3) is 38.1. The van der Waals surface area contributed by atoms with Crippen LogP contribution >= 0.6 is 0 Å². The van der Waals surface area contributed by atoms with Crippen molar-refractivity contribution in [3.63, 3.8) is 0 Å². The number of aliphatic hydroxyl groups excluding tert-OH is 7. The Balaban J connectivity index is 1.66. The van der Waals surface area contributed by atoms with Gasteiger partial charge in [0, 0.05) is 13.0 Å². The van der Waals surface area contributed by atoms with Gasteiger partial charge in [0.05, 0.1) is 26.4 Å². The van der Waals surface area contributed by atoms with Gasteiger partial charge in [0.1, 0.15) is 54.9 Å². The molecule has 2 fully saturated rings. The van der Waals surface area contributed by atoms with Gasteiger partial charge in [0.2, 0.25) is 0 Å². The van der Waals surface area contributed by atoms with Crippen molar-refractivity contribution in [2.45, 2.75) is 351 Å². The molecule has 2 saturated heterocycles. The highest BCUT2D eigenvalue weighted by Gasteiger charge is 2.47. The van der Waals surface area contributed by atoms with E-state index >= 15 is 0 Å². The molecule has 2 rings (SSSR count). The summed E-state index contributed by atoms with van der Waals surface area (Å²) in [4.78, 5) is 13.1. The van der Waals surface area contributed by atoms with Gasteiger partial charge >= 0.3 is 5.97 Å². The molecule has 0 amide bonds. The zero-order valence-corrected chi connectivity index (χ0v) is 50.4. The van der Waals surface area contributed by atoms with Crippen LogP contribution in [0.25, 0.3) is 0 Å². The highest BCUT2D eigenvalue weighted by atomic mass is 16.7. The van der Waals surface area contributed by atoms with Crippen molar-refractivity contribution in [2.24, 2.45) is 0 Å². The van der Waals surface area contributed by atoms with Crippen LogP contribution in [-0.2, 0) is 33.2 Å². The smallest absolute Gasteiger partial charge is 0.306 e. The first kappa shape index (κ1) is 73.6. The van der Waals surface area contributed by atoms with E-state index in [-0.39, 0.29) is 25.6 Å². The Bertz CT molecular complexity index is 1400. The Labute approximate surface area is 481 Å². The number of carbonyl (C=O) groups excluding carboxylic acids is 1. The first-order valence-electron chi connectivity index (χ1n) is 32.9. The summed E-state index contributed by atoms with van der Waals surface area (Å²) in [5, 5.41) is 72.5. The highest BCUT2D eigenvalue weighted by molar-refractivity contribution is 5.69. The van der Waals surface area contributed by atoms with E-state index < -0.39 is 80.7 Å². The Morgan fingerprint density at radius 1 is 0.405 bits per heavy atom. The topological polar surface area (TPSA) is 214 Å². The van der Waals surface area contributed by atoms with Gasteiger partial charge in [-0.1, -0.05) is 237 Å². The lowest BCUT2D eigenvalue weighted by Crippen LogP contribution is -2.61. The minimum Gasteiger partial charge on any atom is -0.457 e. The molecule has 14 heteroatoms. The number of esters is 1. The molecule has 0 spiro atoms. The Morgan fingerprint density at radius 3 is 1.15 bits per heavy atom. The van der Waals surface area contributed by atoms with Gasteiger partial charge < -0.3 is 64.2 Å². The second-order valence-electron chi connectivity index (χ2n) is 23.3. The third-order valence-electron chi connectivity index (χ3n) is 15.9. The largest absolute Gasteiger partial charge is 0.457 e. The van der Waals surface area contributed by atoms with E-state index in [1.807, 2.05) is 0 Å². The van der Waals surface area contributed by atoms with Crippen LogP contribution in [0.5, 0.6) is 0 Å². The van der Waals surface area contributed by atoms with Gasteiger partial charge in [-0.25, -0.2) is 0 Å². The summed E-state index contributed by atoms with van der Waals surface area (Å²) >= 11 is 0. The fraction of sp³-hybridized carbons (Fsp3) is 0.923. The van der Waals surface area contributed by atoms with Gasteiger partial charge in [0.15, 0.2) is 12.6 Å². The van der Waals surface area contributed by atoms with Gasteiger partial charge in [-0.15, -0.1) is 0 Å². The fourth-order valence-corrected chi connectivity index (χ4v) is 10.6. The van der Waals surface area contributed by atoms with E-state index in [0.29, 0.717) is 13.0 Å². The summed E-state index contributed by atoms with van der Waals surface area (Å²) < 4.78 is 34.5. The third-order valence-corrected chi connectivity index (χ3v) is 15.9. The number of allylic oxidation sites excluding steroid dienone is 4. The highest BCUT2D eigenvalue weighted by Crippen LogP contribution is 2.27. The van der Waals surface area contributed by atoms with E-state index in [2.05, 4.69) is 38.2 Å². The number of ether oxygens (including phenoxy) is 6. The van der Waals surface area contributed by atoms with Crippen LogP contribution < -0.4 is 0 Å². The molecule has 0 radical (unpaired) electrons. The number of carbonyl (C=O) groups is 1. The standard InChI is InChI=1S/C65H122O14/c1-3-5-7-9-11-13-15-17-19-21-23-25-26-27-28-29-30-32-34-36-38-40-42-44-46-48-57(67)77-54(51-74-49-47-45-43-41-39-37-35-33-31-24-22-20-18-16-14-12-10-8-6-4-2)52-75-64-63(73)61(71)59(69)56(79-64)53-76-65-62(72)60(70)58(68)55(50-66)78-65/h18,20-21,23,54-56,58-66,68-73H,3-17,19,22,24-53H2,1-2H3/b20-18-,23-21-. The molecule has 2 aliphatic heterocycles. The molecule has 466 valence electrons. The van der Waals surface area contributed by atoms with Crippen molar-refractivity contribution in [1.82, 2.24) is 0 Å². The number of hydrogen-bond acceptors (Lipinski definition) is 14. The maximum atomic E-state index is 13.1. The summed E-state index contributed by atoms with van der Waals surface area (Å²) in [6, 6.07) is 0. The van der Waals surface area contributed by atoms with Crippen molar-refractivity contribution in [2.75, 3.05) is 33.0 Å². The molecule has 79 heavy (non-hydrogen) atoms. The maximum Gasteiger partial charge on any atom is 0.306 e. The molecule has 2 aliphatic rings. The van der Waals surface area contributed by atoms with Gasteiger partial charge in [-0.2, -0.15) is 0 Å². The van der Waals surface area contributed by atoms with Crippen molar-refractivity contribution >= 4 is 5.97 Å². The SMILES string of the molecule is CCCCCCCC/C=C\CCCCCCCCCCCCOCC(COC1OC(COC2OC(CO)C(O)C(O)C2O)C(O)C(O)C1O)OC(=O)CCCCCCCCCCCCCCC/C=C\CCCCCCCCCC. The maximum absolute atomic E-state index is 13.1. The predicted molar refractivity (Wildman–Crippen MR) is 317 cm³/mol. The molecule has 14 nitrogen and oxygen atoms in total. The molecule has 7 N–H and O–H groups in total. The van der Waals surface area contributed by atoms with Crippen molar-refractivity contribution in [3.05, 3.63) is 24.3 Å². The van der Waals surface area contributed by atoms with Crippen LogP contribution in [-0.4, -0.2) is 142 Å². The number of rotatable bonds is 55. The van der Waals surface area contributed by atoms with Crippen molar-refractivity contribution in [3.8, 4) is 0 Å². The molecule has 0 aromatic rings. The normalized spacial score (nSPS) is 24.1. The predicted octanol–water partition coefficient (Wildman–Crippen LogP) is 13.1. The minimum atomic E-state index is -1.71. The van der Waals surface area contributed by atoms with Crippen LogP contribution in [0.1, 0.15) is 284 Å². The minimum absolute atomic E-state index is 0.0649. The van der Waals surface area contributed by atoms with Crippen LogP contribution in [0.2, 0.25) is 0 Å². The van der Waals surface area contributed by atoms with Crippen LogP contribution in [0.3, 0.4) is 0 Å². The Hall–Kier alpha value is -1.53. The van der Waals surface area contributed by atoms with Crippen molar-refractivity contribution < 1.29 is 69.0 Å². The van der Waals surface area contributed by atoms with E-state index in [9.17, 15) is 40.5 Å². The molecule has 0 aliphatic carbocycles. The number of hydrogen-bond donors (Lipinski definition) is 7.